The molecule has 23 heavy (non-hydrogen) atoms. The number of benzene rings is 1. The van der Waals surface area contributed by atoms with Crippen molar-refractivity contribution in [3.8, 4) is 5.75 Å². The summed E-state index contributed by atoms with van der Waals surface area (Å²) in [5.74, 6) is 0.983. The first-order valence-corrected chi connectivity index (χ1v) is 9.52. The van der Waals surface area contributed by atoms with Crippen molar-refractivity contribution in [3.63, 3.8) is 0 Å². The molecule has 2 rings (SSSR count). The van der Waals surface area contributed by atoms with Gasteiger partial charge in [-0.2, -0.15) is 0 Å². The second-order valence-electron chi connectivity index (χ2n) is 6.68. The van der Waals surface area contributed by atoms with Crippen molar-refractivity contribution in [1.82, 2.24) is 4.90 Å². The summed E-state index contributed by atoms with van der Waals surface area (Å²) in [5.41, 5.74) is 7.41. The number of likely N-dealkylation sites (tertiary alicyclic amines) is 1. The zero-order chi connectivity index (χ0) is 16.3. The third-order valence-electron chi connectivity index (χ3n) is 4.84. The molecule has 1 aliphatic rings. The fourth-order valence-electron chi connectivity index (χ4n) is 3.41. The highest BCUT2D eigenvalue weighted by molar-refractivity contribution is 5.29. The van der Waals surface area contributed by atoms with Gasteiger partial charge < -0.3 is 10.5 Å². The van der Waals surface area contributed by atoms with E-state index in [0.717, 1.165) is 18.8 Å². The fourth-order valence-corrected chi connectivity index (χ4v) is 3.41. The predicted octanol–water partition coefficient (Wildman–Crippen LogP) is 4.52. The summed E-state index contributed by atoms with van der Waals surface area (Å²) in [7, 11) is 0. The second-order valence-corrected chi connectivity index (χ2v) is 6.68. The van der Waals surface area contributed by atoms with Gasteiger partial charge in [-0.3, -0.25) is 4.90 Å². The number of hydrogen-bond acceptors (Lipinski definition) is 3. The molecule has 0 saturated carbocycles. The van der Waals surface area contributed by atoms with Crippen LogP contribution in [0.4, 0.5) is 0 Å². The summed E-state index contributed by atoms with van der Waals surface area (Å²) in [4.78, 5) is 2.56. The van der Waals surface area contributed by atoms with E-state index >= 15 is 0 Å². The van der Waals surface area contributed by atoms with Crippen molar-refractivity contribution < 1.29 is 4.74 Å². The molecular formula is C20H34N2O. The Morgan fingerprint density at radius 3 is 2.30 bits per heavy atom. The monoisotopic (exact) mass is 318 g/mol. The van der Waals surface area contributed by atoms with Gasteiger partial charge in [0.15, 0.2) is 0 Å². The van der Waals surface area contributed by atoms with Crippen LogP contribution in [0.25, 0.3) is 0 Å². The minimum atomic E-state index is 0.353. The third-order valence-corrected chi connectivity index (χ3v) is 4.84. The molecule has 2 N–H and O–H groups in total. The first-order chi connectivity index (χ1) is 11.3. The van der Waals surface area contributed by atoms with Crippen LogP contribution in [0.2, 0.25) is 0 Å². The van der Waals surface area contributed by atoms with Crippen molar-refractivity contribution in [3.05, 3.63) is 29.8 Å². The number of rotatable bonds is 9. The van der Waals surface area contributed by atoms with Gasteiger partial charge in [0.25, 0.3) is 0 Å². The quantitative estimate of drug-likeness (QED) is 0.680. The van der Waals surface area contributed by atoms with E-state index in [9.17, 15) is 0 Å². The third kappa shape index (κ3) is 6.15. The van der Waals surface area contributed by atoms with E-state index in [1.54, 1.807) is 0 Å². The molecule has 1 aliphatic heterocycles. The molecule has 0 aromatic heterocycles. The molecule has 1 saturated heterocycles. The van der Waals surface area contributed by atoms with E-state index in [0.29, 0.717) is 12.6 Å². The van der Waals surface area contributed by atoms with Gasteiger partial charge in [0.2, 0.25) is 0 Å². The van der Waals surface area contributed by atoms with E-state index in [1.807, 2.05) is 0 Å². The van der Waals surface area contributed by atoms with Crippen LogP contribution in [0.1, 0.15) is 69.9 Å². The first-order valence-electron chi connectivity index (χ1n) is 9.52. The van der Waals surface area contributed by atoms with Crippen molar-refractivity contribution in [2.75, 3.05) is 26.2 Å². The standard InChI is InChI=1S/C20H34N2O/c1-2-3-4-9-16-23-19-12-10-18(11-13-19)20(17-21)22-14-7-5-6-8-15-22/h10-13,20H,2-9,14-17,21H2,1H3. The molecule has 0 radical (unpaired) electrons. The lowest BCUT2D eigenvalue weighted by Crippen LogP contribution is -2.34. The van der Waals surface area contributed by atoms with Gasteiger partial charge in [-0.1, -0.05) is 51.2 Å². The molecule has 0 aliphatic carbocycles. The van der Waals surface area contributed by atoms with E-state index in [-0.39, 0.29) is 0 Å². The Morgan fingerprint density at radius 2 is 1.70 bits per heavy atom. The molecule has 1 aromatic rings. The van der Waals surface area contributed by atoms with Crippen LogP contribution in [0, 0.1) is 0 Å². The van der Waals surface area contributed by atoms with Crippen molar-refractivity contribution in [2.45, 2.75) is 64.3 Å². The van der Waals surface area contributed by atoms with Gasteiger partial charge in [-0.15, -0.1) is 0 Å². The van der Waals surface area contributed by atoms with Gasteiger partial charge >= 0.3 is 0 Å². The first kappa shape index (κ1) is 18.3. The Bertz CT molecular complexity index is 410. The molecule has 0 spiro atoms. The number of nitrogens with two attached hydrogens (primary N) is 1. The van der Waals surface area contributed by atoms with Crippen LogP contribution < -0.4 is 10.5 Å². The van der Waals surface area contributed by atoms with Crippen LogP contribution in [0.15, 0.2) is 24.3 Å². The highest BCUT2D eigenvalue weighted by atomic mass is 16.5. The maximum atomic E-state index is 6.08. The summed E-state index contributed by atoms with van der Waals surface area (Å²) in [6.07, 6.45) is 10.3. The molecule has 130 valence electrons. The van der Waals surface area contributed by atoms with Crippen molar-refractivity contribution in [1.29, 1.82) is 0 Å². The Kier molecular flexibility index (Phi) is 8.48. The van der Waals surface area contributed by atoms with Gasteiger partial charge in [0.1, 0.15) is 5.75 Å². The molecular weight excluding hydrogens is 284 g/mol. The minimum Gasteiger partial charge on any atom is -0.494 e. The molecule has 3 nitrogen and oxygen atoms in total. The van der Waals surface area contributed by atoms with E-state index in [1.165, 1.54) is 63.6 Å². The summed E-state index contributed by atoms with van der Waals surface area (Å²) >= 11 is 0. The van der Waals surface area contributed by atoms with Crippen LogP contribution in [-0.4, -0.2) is 31.1 Å². The Balaban J connectivity index is 1.86. The highest BCUT2D eigenvalue weighted by Crippen LogP contribution is 2.25. The number of nitrogens with zero attached hydrogens (tertiary/aromatic N) is 1. The van der Waals surface area contributed by atoms with E-state index < -0.39 is 0 Å². The number of ether oxygens (including phenoxy) is 1. The highest BCUT2D eigenvalue weighted by Gasteiger charge is 2.20. The number of unbranched alkanes of at least 4 members (excludes halogenated alkanes) is 3. The van der Waals surface area contributed by atoms with Crippen LogP contribution in [0.5, 0.6) is 5.75 Å². The topological polar surface area (TPSA) is 38.5 Å². The minimum absolute atomic E-state index is 0.353. The van der Waals surface area contributed by atoms with Crippen LogP contribution >= 0.6 is 0 Å². The average molecular weight is 319 g/mol. The maximum Gasteiger partial charge on any atom is 0.119 e. The zero-order valence-electron chi connectivity index (χ0n) is 14.8. The van der Waals surface area contributed by atoms with Crippen molar-refractivity contribution in [2.24, 2.45) is 5.73 Å². The SMILES string of the molecule is CCCCCCOc1ccc(C(CN)N2CCCCCC2)cc1. The molecule has 0 amide bonds. The predicted molar refractivity (Wildman–Crippen MR) is 97.9 cm³/mol. The summed E-state index contributed by atoms with van der Waals surface area (Å²) in [6, 6.07) is 8.96. The second kappa shape index (κ2) is 10.7. The lowest BCUT2D eigenvalue weighted by atomic mass is 10.0. The number of hydrogen-bond donors (Lipinski definition) is 1. The van der Waals surface area contributed by atoms with E-state index in [2.05, 4.69) is 36.1 Å². The van der Waals surface area contributed by atoms with Crippen LogP contribution in [-0.2, 0) is 0 Å². The summed E-state index contributed by atoms with van der Waals surface area (Å²) in [5, 5.41) is 0. The van der Waals surface area contributed by atoms with Gasteiger partial charge in [-0.25, -0.2) is 0 Å². The Morgan fingerprint density at radius 1 is 1.00 bits per heavy atom. The van der Waals surface area contributed by atoms with E-state index in [4.69, 9.17) is 10.5 Å². The maximum absolute atomic E-state index is 6.08. The Hall–Kier alpha value is -1.06. The molecule has 1 fully saturated rings. The van der Waals surface area contributed by atoms with Gasteiger partial charge in [0.05, 0.1) is 6.61 Å². The smallest absolute Gasteiger partial charge is 0.119 e. The average Bonchev–Trinajstić information content (AvgIpc) is 2.86. The summed E-state index contributed by atoms with van der Waals surface area (Å²) < 4.78 is 5.84. The molecule has 1 unspecified atom stereocenters. The normalized spacial score (nSPS) is 17.7. The molecule has 1 heterocycles. The van der Waals surface area contributed by atoms with Gasteiger partial charge in [0, 0.05) is 12.6 Å². The Labute approximate surface area is 142 Å². The molecule has 1 aromatic carbocycles. The molecule has 0 bridgehead atoms. The lowest BCUT2D eigenvalue weighted by Gasteiger charge is -2.30. The van der Waals surface area contributed by atoms with Crippen LogP contribution in [0.3, 0.4) is 0 Å². The lowest BCUT2D eigenvalue weighted by molar-refractivity contribution is 0.209. The van der Waals surface area contributed by atoms with Crippen molar-refractivity contribution >= 4 is 0 Å². The van der Waals surface area contributed by atoms with Gasteiger partial charge in [-0.05, 0) is 50.0 Å². The fraction of sp³-hybridized carbons (Fsp3) is 0.700. The zero-order valence-corrected chi connectivity index (χ0v) is 14.8. The molecule has 3 heteroatoms. The largest absolute Gasteiger partial charge is 0.494 e. The summed E-state index contributed by atoms with van der Waals surface area (Å²) in [6.45, 7) is 6.11. The molecule has 1 atom stereocenters.